The fourth-order valence-electron chi connectivity index (χ4n) is 3.26. The highest BCUT2D eigenvalue weighted by atomic mass is 19.1. The van der Waals surface area contributed by atoms with Crippen molar-refractivity contribution in [1.29, 1.82) is 0 Å². The molecule has 136 valence electrons. The predicted octanol–water partition coefficient (Wildman–Crippen LogP) is 1.44. The standard InChI is InChI=1S/C18H23FN2O4/c1-11-13(14-8-12(19)2-3-15(14)20-11)9-18(23)21-16-10-24-6-4-17(16)25-7-5-22/h2-3,8,16-17,20,22H,4-7,9-10H2,1H3,(H,21,23). The number of fused-ring (bicyclic) bond motifs is 1. The Morgan fingerprint density at radius 2 is 2.36 bits per heavy atom. The van der Waals surface area contributed by atoms with Crippen LogP contribution in [0, 0.1) is 12.7 Å². The van der Waals surface area contributed by atoms with E-state index in [2.05, 4.69) is 10.3 Å². The molecule has 1 aliphatic heterocycles. The van der Waals surface area contributed by atoms with Crippen LogP contribution in [0.1, 0.15) is 17.7 Å². The zero-order valence-electron chi connectivity index (χ0n) is 14.2. The van der Waals surface area contributed by atoms with Crippen molar-refractivity contribution in [1.82, 2.24) is 10.3 Å². The van der Waals surface area contributed by atoms with Gasteiger partial charge in [0, 0.05) is 23.2 Å². The number of carbonyl (C=O) groups is 1. The molecule has 1 amide bonds. The molecule has 1 saturated heterocycles. The molecule has 1 fully saturated rings. The Morgan fingerprint density at radius 1 is 1.52 bits per heavy atom. The lowest BCUT2D eigenvalue weighted by Gasteiger charge is -2.32. The minimum atomic E-state index is -0.327. The first-order chi connectivity index (χ1) is 12.1. The van der Waals surface area contributed by atoms with Crippen LogP contribution in [-0.2, 0) is 20.7 Å². The number of ether oxygens (including phenoxy) is 2. The van der Waals surface area contributed by atoms with E-state index in [0.29, 0.717) is 19.6 Å². The van der Waals surface area contributed by atoms with E-state index in [1.165, 1.54) is 12.1 Å². The predicted molar refractivity (Wildman–Crippen MR) is 90.9 cm³/mol. The van der Waals surface area contributed by atoms with Crippen LogP contribution in [0.5, 0.6) is 0 Å². The van der Waals surface area contributed by atoms with Gasteiger partial charge in [0.1, 0.15) is 5.82 Å². The smallest absolute Gasteiger partial charge is 0.224 e. The third-order valence-corrected chi connectivity index (χ3v) is 4.48. The third kappa shape index (κ3) is 4.18. The molecule has 0 radical (unpaired) electrons. The van der Waals surface area contributed by atoms with Gasteiger partial charge in [-0.3, -0.25) is 4.79 Å². The van der Waals surface area contributed by atoms with E-state index in [-0.39, 0.29) is 43.5 Å². The van der Waals surface area contributed by atoms with Crippen LogP contribution in [0.2, 0.25) is 0 Å². The Morgan fingerprint density at radius 3 is 3.16 bits per heavy atom. The number of carbonyl (C=O) groups excluding carboxylic acids is 1. The van der Waals surface area contributed by atoms with E-state index in [9.17, 15) is 9.18 Å². The Labute approximate surface area is 145 Å². The summed E-state index contributed by atoms with van der Waals surface area (Å²) in [5.74, 6) is -0.493. The molecule has 1 aromatic heterocycles. The van der Waals surface area contributed by atoms with Crippen molar-refractivity contribution in [3.05, 3.63) is 35.3 Å². The van der Waals surface area contributed by atoms with Crippen molar-refractivity contribution in [2.75, 3.05) is 26.4 Å². The molecule has 3 rings (SSSR count). The number of nitrogens with one attached hydrogen (secondary N) is 2. The lowest BCUT2D eigenvalue weighted by atomic mass is 10.0. The number of aromatic amines is 1. The molecule has 1 aliphatic rings. The van der Waals surface area contributed by atoms with Crippen molar-refractivity contribution in [3.63, 3.8) is 0 Å². The number of hydrogen-bond acceptors (Lipinski definition) is 4. The molecule has 2 unspecified atom stereocenters. The topological polar surface area (TPSA) is 83.6 Å². The van der Waals surface area contributed by atoms with Crippen LogP contribution < -0.4 is 5.32 Å². The molecule has 2 aromatic rings. The van der Waals surface area contributed by atoms with Crippen LogP contribution in [0.3, 0.4) is 0 Å². The number of rotatable bonds is 6. The van der Waals surface area contributed by atoms with E-state index in [1.54, 1.807) is 6.07 Å². The number of aliphatic hydroxyl groups is 1. The number of halogens is 1. The first-order valence-corrected chi connectivity index (χ1v) is 8.44. The van der Waals surface area contributed by atoms with Gasteiger partial charge in [0.15, 0.2) is 0 Å². The normalized spacial score (nSPS) is 20.8. The summed E-state index contributed by atoms with van der Waals surface area (Å²) in [7, 11) is 0. The third-order valence-electron chi connectivity index (χ3n) is 4.48. The van der Waals surface area contributed by atoms with Crippen LogP contribution in [0.15, 0.2) is 18.2 Å². The summed E-state index contributed by atoms with van der Waals surface area (Å²) < 4.78 is 24.6. The number of H-pyrrole nitrogens is 1. The molecule has 7 heteroatoms. The van der Waals surface area contributed by atoms with Crippen LogP contribution in [0.25, 0.3) is 10.9 Å². The number of hydrogen-bond donors (Lipinski definition) is 3. The number of aliphatic hydroxyl groups excluding tert-OH is 1. The molecule has 0 saturated carbocycles. The molecule has 2 heterocycles. The van der Waals surface area contributed by atoms with Gasteiger partial charge in [-0.25, -0.2) is 4.39 Å². The molecule has 0 aliphatic carbocycles. The highest BCUT2D eigenvalue weighted by Gasteiger charge is 2.28. The largest absolute Gasteiger partial charge is 0.394 e. The van der Waals surface area contributed by atoms with Crippen molar-refractivity contribution >= 4 is 16.8 Å². The van der Waals surface area contributed by atoms with Gasteiger partial charge in [-0.05, 0) is 37.1 Å². The summed E-state index contributed by atoms with van der Waals surface area (Å²) in [6.07, 6.45) is 0.646. The maximum Gasteiger partial charge on any atom is 0.224 e. The second-order valence-electron chi connectivity index (χ2n) is 6.27. The molecular formula is C18H23FN2O4. The molecule has 6 nitrogen and oxygen atoms in total. The maximum absolute atomic E-state index is 13.5. The van der Waals surface area contributed by atoms with Crippen molar-refractivity contribution in [2.45, 2.75) is 31.9 Å². The molecule has 0 spiro atoms. The number of aromatic nitrogens is 1. The first-order valence-electron chi connectivity index (χ1n) is 8.44. The lowest BCUT2D eigenvalue weighted by Crippen LogP contribution is -2.51. The van der Waals surface area contributed by atoms with Gasteiger partial charge >= 0.3 is 0 Å². The summed E-state index contributed by atoms with van der Waals surface area (Å²) in [5, 5.41) is 12.6. The number of aryl methyl sites for hydroxylation is 1. The van der Waals surface area contributed by atoms with Crippen molar-refractivity contribution < 1.29 is 23.8 Å². The highest BCUT2D eigenvalue weighted by molar-refractivity contribution is 5.90. The zero-order chi connectivity index (χ0) is 17.8. The number of amides is 1. The van der Waals surface area contributed by atoms with E-state index in [4.69, 9.17) is 14.6 Å². The minimum absolute atomic E-state index is 0.0574. The van der Waals surface area contributed by atoms with Crippen LogP contribution in [-0.4, -0.2) is 54.6 Å². The molecule has 0 bridgehead atoms. The lowest BCUT2D eigenvalue weighted by molar-refractivity contribution is -0.125. The Kier molecular flexibility index (Phi) is 5.67. The van der Waals surface area contributed by atoms with E-state index in [0.717, 1.165) is 22.2 Å². The summed E-state index contributed by atoms with van der Waals surface area (Å²) >= 11 is 0. The number of benzene rings is 1. The zero-order valence-corrected chi connectivity index (χ0v) is 14.2. The molecular weight excluding hydrogens is 327 g/mol. The van der Waals surface area contributed by atoms with E-state index >= 15 is 0 Å². The van der Waals surface area contributed by atoms with Crippen LogP contribution in [0.4, 0.5) is 4.39 Å². The van der Waals surface area contributed by atoms with Crippen LogP contribution >= 0.6 is 0 Å². The SMILES string of the molecule is Cc1[nH]c2ccc(F)cc2c1CC(=O)NC1COCCC1OCCO. The fourth-order valence-corrected chi connectivity index (χ4v) is 3.26. The van der Waals surface area contributed by atoms with E-state index in [1.807, 2.05) is 6.92 Å². The monoisotopic (exact) mass is 350 g/mol. The fraction of sp³-hybridized carbons (Fsp3) is 0.500. The first kappa shape index (κ1) is 17.8. The van der Waals surface area contributed by atoms with E-state index < -0.39 is 0 Å². The highest BCUT2D eigenvalue weighted by Crippen LogP contribution is 2.23. The average Bonchev–Trinajstić information content (AvgIpc) is 2.89. The summed E-state index contributed by atoms with van der Waals surface area (Å²) in [6.45, 7) is 3.00. The van der Waals surface area contributed by atoms with Crippen molar-refractivity contribution in [3.8, 4) is 0 Å². The van der Waals surface area contributed by atoms with Gasteiger partial charge in [-0.1, -0.05) is 0 Å². The summed E-state index contributed by atoms with van der Waals surface area (Å²) in [6, 6.07) is 4.26. The van der Waals surface area contributed by atoms with Gasteiger partial charge in [0.05, 0.1) is 38.4 Å². The van der Waals surface area contributed by atoms with Gasteiger partial charge in [0.25, 0.3) is 0 Å². The molecule has 25 heavy (non-hydrogen) atoms. The quantitative estimate of drug-likeness (QED) is 0.736. The average molecular weight is 350 g/mol. The Bertz CT molecular complexity index is 746. The minimum Gasteiger partial charge on any atom is -0.394 e. The molecule has 2 atom stereocenters. The van der Waals surface area contributed by atoms with Gasteiger partial charge < -0.3 is 24.9 Å². The second-order valence-corrected chi connectivity index (χ2v) is 6.27. The maximum atomic E-state index is 13.5. The molecule has 1 aromatic carbocycles. The second kappa shape index (κ2) is 7.95. The molecule has 3 N–H and O–H groups in total. The van der Waals surface area contributed by atoms with Gasteiger partial charge in [-0.2, -0.15) is 0 Å². The summed E-state index contributed by atoms with van der Waals surface area (Å²) in [5.41, 5.74) is 2.45. The summed E-state index contributed by atoms with van der Waals surface area (Å²) in [4.78, 5) is 15.7. The van der Waals surface area contributed by atoms with Gasteiger partial charge in [0.2, 0.25) is 5.91 Å². The van der Waals surface area contributed by atoms with Crippen molar-refractivity contribution in [2.24, 2.45) is 0 Å². The Balaban J connectivity index is 1.69. The Hall–Kier alpha value is -1.96. The van der Waals surface area contributed by atoms with Gasteiger partial charge in [-0.15, -0.1) is 0 Å².